The number of H-pyrrole nitrogens is 1. The average Bonchev–Trinajstić information content (AvgIpc) is 3.11. The fourth-order valence-electron chi connectivity index (χ4n) is 2.31. The highest BCUT2D eigenvalue weighted by Gasteiger charge is 2.11. The number of ether oxygens (including phenoxy) is 1. The van der Waals surface area contributed by atoms with Gasteiger partial charge in [-0.05, 0) is 36.4 Å². The maximum absolute atomic E-state index is 13.5. The van der Waals surface area contributed by atoms with Crippen molar-refractivity contribution in [3.63, 3.8) is 0 Å². The molecule has 0 bridgehead atoms. The van der Waals surface area contributed by atoms with Gasteiger partial charge in [0.05, 0.1) is 12.7 Å². The van der Waals surface area contributed by atoms with E-state index in [9.17, 15) is 9.18 Å². The number of nitrogens with zero attached hydrogens (tertiary/aromatic N) is 2. The van der Waals surface area contributed by atoms with Crippen LogP contribution in [0.3, 0.4) is 0 Å². The number of methoxy groups -OCH3 is 1. The molecular weight excluding hydrogens is 323 g/mol. The van der Waals surface area contributed by atoms with E-state index in [1.165, 1.54) is 12.1 Å². The summed E-state index contributed by atoms with van der Waals surface area (Å²) in [6, 6.07) is 13.3. The summed E-state index contributed by atoms with van der Waals surface area (Å²) in [7, 11) is 1.61. The van der Waals surface area contributed by atoms with Gasteiger partial charge in [0.15, 0.2) is 5.82 Å². The zero-order valence-corrected chi connectivity index (χ0v) is 13.6. The molecule has 128 valence electrons. The summed E-state index contributed by atoms with van der Waals surface area (Å²) < 4.78 is 18.7. The molecule has 0 saturated carbocycles. The van der Waals surface area contributed by atoms with Crippen LogP contribution in [-0.4, -0.2) is 34.7 Å². The first-order valence-corrected chi connectivity index (χ1v) is 7.76. The molecule has 7 heteroatoms. The van der Waals surface area contributed by atoms with Gasteiger partial charge in [0.25, 0.3) is 5.91 Å². The van der Waals surface area contributed by atoms with Gasteiger partial charge in [-0.3, -0.25) is 9.89 Å². The highest BCUT2D eigenvalue weighted by Crippen LogP contribution is 2.18. The van der Waals surface area contributed by atoms with E-state index in [1.807, 2.05) is 24.3 Å². The largest absolute Gasteiger partial charge is 0.497 e. The Morgan fingerprint density at radius 1 is 1.20 bits per heavy atom. The van der Waals surface area contributed by atoms with Crippen molar-refractivity contribution in [3.8, 4) is 17.1 Å². The van der Waals surface area contributed by atoms with E-state index in [0.29, 0.717) is 24.6 Å². The van der Waals surface area contributed by atoms with Crippen LogP contribution in [0.4, 0.5) is 4.39 Å². The molecular formula is C18H17FN4O2. The molecule has 6 nitrogen and oxygen atoms in total. The SMILES string of the molecule is COc1ccc(-c2n[nH]c(CCNC(=O)c3ccccc3F)n2)cc1. The van der Waals surface area contributed by atoms with Crippen molar-refractivity contribution < 1.29 is 13.9 Å². The van der Waals surface area contributed by atoms with E-state index in [-0.39, 0.29) is 5.56 Å². The molecule has 0 spiro atoms. The molecule has 25 heavy (non-hydrogen) atoms. The van der Waals surface area contributed by atoms with Gasteiger partial charge in [-0.25, -0.2) is 9.37 Å². The maximum Gasteiger partial charge on any atom is 0.254 e. The Morgan fingerprint density at radius 2 is 1.96 bits per heavy atom. The average molecular weight is 340 g/mol. The number of amides is 1. The first-order valence-electron chi connectivity index (χ1n) is 7.76. The number of benzene rings is 2. The van der Waals surface area contributed by atoms with E-state index in [1.54, 1.807) is 19.2 Å². The molecule has 0 aliphatic rings. The molecule has 3 rings (SSSR count). The van der Waals surface area contributed by atoms with Crippen LogP contribution in [-0.2, 0) is 6.42 Å². The lowest BCUT2D eigenvalue weighted by atomic mass is 10.2. The Labute approximate surface area is 144 Å². The lowest BCUT2D eigenvalue weighted by Crippen LogP contribution is -2.26. The van der Waals surface area contributed by atoms with Gasteiger partial charge in [-0.2, -0.15) is 5.10 Å². The molecule has 2 aromatic carbocycles. The predicted molar refractivity (Wildman–Crippen MR) is 90.8 cm³/mol. The van der Waals surface area contributed by atoms with Gasteiger partial charge in [-0.1, -0.05) is 12.1 Å². The van der Waals surface area contributed by atoms with E-state index in [0.717, 1.165) is 11.3 Å². The quantitative estimate of drug-likeness (QED) is 0.723. The topological polar surface area (TPSA) is 79.9 Å². The minimum Gasteiger partial charge on any atom is -0.497 e. The van der Waals surface area contributed by atoms with Crippen LogP contribution in [0.15, 0.2) is 48.5 Å². The first kappa shape index (κ1) is 16.6. The number of carbonyl (C=O) groups is 1. The van der Waals surface area contributed by atoms with Crippen molar-refractivity contribution in [1.82, 2.24) is 20.5 Å². The van der Waals surface area contributed by atoms with Gasteiger partial charge in [0.1, 0.15) is 17.4 Å². The highest BCUT2D eigenvalue weighted by molar-refractivity contribution is 5.94. The van der Waals surface area contributed by atoms with Crippen LogP contribution >= 0.6 is 0 Å². The molecule has 0 aliphatic heterocycles. The Balaban J connectivity index is 1.56. The third-order valence-corrected chi connectivity index (χ3v) is 3.65. The molecule has 3 aromatic rings. The molecule has 1 heterocycles. The summed E-state index contributed by atoms with van der Waals surface area (Å²) in [4.78, 5) is 16.3. The third-order valence-electron chi connectivity index (χ3n) is 3.65. The molecule has 0 unspecified atom stereocenters. The maximum atomic E-state index is 13.5. The van der Waals surface area contributed by atoms with E-state index >= 15 is 0 Å². The van der Waals surface area contributed by atoms with E-state index in [2.05, 4.69) is 20.5 Å². The van der Waals surface area contributed by atoms with E-state index in [4.69, 9.17) is 4.74 Å². The third kappa shape index (κ3) is 4.00. The zero-order valence-electron chi connectivity index (χ0n) is 13.6. The van der Waals surface area contributed by atoms with Gasteiger partial charge in [0, 0.05) is 18.5 Å². The van der Waals surface area contributed by atoms with Crippen LogP contribution in [0.2, 0.25) is 0 Å². The molecule has 0 saturated heterocycles. The van der Waals surface area contributed by atoms with Crippen LogP contribution < -0.4 is 10.1 Å². The van der Waals surface area contributed by atoms with Crippen LogP contribution in [0, 0.1) is 5.82 Å². The molecule has 2 N–H and O–H groups in total. The number of aromatic nitrogens is 3. The number of halogens is 1. The van der Waals surface area contributed by atoms with Gasteiger partial charge in [0.2, 0.25) is 0 Å². The van der Waals surface area contributed by atoms with Crippen LogP contribution in [0.5, 0.6) is 5.75 Å². The Morgan fingerprint density at radius 3 is 2.68 bits per heavy atom. The lowest BCUT2D eigenvalue weighted by Gasteiger charge is -2.04. The lowest BCUT2D eigenvalue weighted by molar-refractivity contribution is 0.0950. The summed E-state index contributed by atoms with van der Waals surface area (Å²) in [5, 5.41) is 9.67. The number of aromatic amines is 1. The number of rotatable bonds is 6. The Kier molecular flexibility index (Phi) is 5.03. The standard InChI is InChI=1S/C18H17FN4O2/c1-25-13-8-6-12(7-9-13)17-21-16(22-23-17)10-11-20-18(24)14-4-2-3-5-15(14)19/h2-9H,10-11H2,1H3,(H,20,24)(H,21,22,23). The molecule has 0 aliphatic carbocycles. The van der Waals surface area contributed by atoms with Crippen molar-refractivity contribution in [2.45, 2.75) is 6.42 Å². The van der Waals surface area contributed by atoms with Gasteiger partial charge >= 0.3 is 0 Å². The zero-order chi connectivity index (χ0) is 17.6. The first-order chi connectivity index (χ1) is 12.2. The van der Waals surface area contributed by atoms with Crippen LogP contribution in [0.25, 0.3) is 11.4 Å². The van der Waals surface area contributed by atoms with Crippen molar-refractivity contribution in [2.75, 3.05) is 13.7 Å². The number of carbonyl (C=O) groups excluding carboxylic acids is 1. The number of nitrogens with one attached hydrogen (secondary N) is 2. The predicted octanol–water partition coefficient (Wildman–Crippen LogP) is 2.59. The molecule has 0 radical (unpaired) electrons. The normalized spacial score (nSPS) is 10.5. The van der Waals surface area contributed by atoms with Crippen molar-refractivity contribution >= 4 is 5.91 Å². The second-order valence-corrected chi connectivity index (χ2v) is 5.32. The summed E-state index contributed by atoms with van der Waals surface area (Å²) in [6.07, 6.45) is 0.462. The molecule has 0 atom stereocenters. The molecule has 1 aromatic heterocycles. The molecule has 0 fully saturated rings. The summed E-state index contributed by atoms with van der Waals surface area (Å²) in [5.41, 5.74) is 0.887. The summed E-state index contributed by atoms with van der Waals surface area (Å²) in [6.45, 7) is 0.324. The Bertz CT molecular complexity index is 862. The van der Waals surface area contributed by atoms with E-state index < -0.39 is 11.7 Å². The van der Waals surface area contributed by atoms with Crippen molar-refractivity contribution in [3.05, 3.63) is 65.7 Å². The summed E-state index contributed by atoms with van der Waals surface area (Å²) in [5.74, 6) is 0.975. The summed E-state index contributed by atoms with van der Waals surface area (Å²) >= 11 is 0. The smallest absolute Gasteiger partial charge is 0.254 e. The second kappa shape index (κ2) is 7.57. The van der Waals surface area contributed by atoms with Gasteiger partial charge in [-0.15, -0.1) is 0 Å². The van der Waals surface area contributed by atoms with Crippen molar-refractivity contribution in [1.29, 1.82) is 0 Å². The minimum atomic E-state index is -0.540. The number of hydrogen-bond acceptors (Lipinski definition) is 4. The van der Waals surface area contributed by atoms with Gasteiger partial charge < -0.3 is 10.1 Å². The highest BCUT2D eigenvalue weighted by atomic mass is 19.1. The van der Waals surface area contributed by atoms with Crippen molar-refractivity contribution in [2.24, 2.45) is 0 Å². The number of hydrogen-bond donors (Lipinski definition) is 2. The molecule has 1 amide bonds. The fraction of sp³-hybridized carbons (Fsp3) is 0.167. The van der Waals surface area contributed by atoms with Crippen LogP contribution in [0.1, 0.15) is 16.2 Å². The monoisotopic (exact) mass is 340 g/mol. The minimum absolute atomic E-state index is 0.0268. The Hall–Kier alpha value is -3.22. The fourth-order valence-corrected chi connectivity index (χ4v) is 2.31. The second-order valence-electron chi connectivity index (χ2n) is 5.32.